The molecule has 0 radical (unpaired) electrons. The number of nitrogens with zero attached hydrogens (tertiary/aromatic N) is 1. The maximum atomic E-state index is 6.43. The fourth-order valence-corrected chi connectivity index (χ4v) is 3.49. The summed E-state index contributed by atoms with van der Waals surface area (Å²) in [5.74, 6) is 0. The number of allylic oxidation sites excluding steroid dienone is 1. The second kappa shape index (κ2) is 8.11. The fourth-order valence-electron chi connectivity index (χ4n) is 2.59. The molecule has 0 unspecified atom stereocenters. The Bertz CT molecular complexity index is 757. The summed E-state index contributed by atoms with van der Waals surface area (Å²) in [5.41, 5.74) is 4.61. The van der Waals surface area contributed by atoms with Gasteiger partial charge in [-0.2, -0.15) is 0 Å². The topological polar surface area (TPSA) is 3.24 Å². The molecule has 0 saturated carbocycles. The van der Waals surface area contributed by atoms with Crippen molar-refractivity contribution in [3.63, 3.8) is 0 Å². The quantitative estimate of drug-likeness (QED) is 0.506. The molecule has 0 aliphatic heterocycles. The average Bonchev–Trinajstić information content (AvgIpc) is 2.52. The highest BCUT2D eigenvalue weighted by molar-refractivity contribution is 6.36. The van der Waals surface area contributed by atoms with Gasteiger partial charge < -0.3 is 4.90 Å². The van der Waals surface area contributed by atoms with E-state index in [2.05, 4.69) is 25.0 Å². The molecule has 0 aliphatic carbocycles. The second-order valence-electron chi connectivity index (χ2n) is 5.62. The van der Waals surface area contributed by atoms with Crippen LogP contribution in [-0.4, -0.2) is 4.90 Å². The molecular formula is C20H20Cl3N. The number of aryl methyl sites for hydroxylation is 1. The minimum absolute atomic E-state index is 0.582. The number of halogens is 3. The van der Waals surface area contributed by atoms with Gasteiger partial charge in [0.2, 0.25) is 0 Å². The third kappa shape index (κ3) is 4.16. The molecular weight excluding hydrogens is 361 g/mol. The normalized spacial score (nSPS) is 10.5. The summed E-state index contributed by atoms with van der Waals surface area (Å²) in [6, 6.07) is 11.4. The Morgan fingerprint density at radius 2 is 1.71 bits per heavy atom. The van der Waals surface area contributed by atoms with E-state index < -0.39 is 0 Å². The first kappa shape index (κ1) is 18.9. The second-order valence-corrected chi connectivity index (χ2v) is 6.87. The van der Waals surface area contributed by atoms with Crippen LogP contribution in [0.25, 0.3) is 5.70 Å². The van der Waals surface area contributed by atoms with Gasteiger partial charge in [-0.1, -0.05) is 73.1 Å². The zero-order chi connectivity index (χ0) is 17.9. The monoisotopic (exact) mass is 379 g/mol. The lowest BCUT2D eigenvalue weighted by Crippen LogP contribution is -2.21. The molecule has 2 aromatic rings. The van der Waals surface area contributed by atoms with Gasteiger partial charge >= 0.3 is 0 Å². The average molecular weight is 381 g/mol. The van der Waals surface area contributed by atoms with Crippen molar-refractivity contribution in [1.82, 2.24) is 4.90 Å². The number of rotatable bonds is 6. The molecule has 0 heterocycles. The molecule has 24 heavy (non-hydrogen) atoms. The molecule has 2 aromatic carbocycles. The van der Waals surface area contributed by atoms with Crippen molar-refractivity contribution >= 4 is 40.5 Å². The van der Waals surface area contributed by atoms with Crippen molar-refractivity contribution < 1.29 is 0 Å². The largest absolute Gasteiger partial charge is 0.341 e. The number of hydrogen-bond donors (Lipinski definition) is 0. The van der Waals surface area contributed by atoms with Gasteiger partial charge in [0.1, 0.15) is 0 Å². The van der Waals surface area contributed by atoms with Crippen LogP contribution in [0.4, 0.5) is 0 Å². The van der Waals surface area contributed by atoms with Crippen LogP contribution in [-0.2, 0) is 6.54 Å². The molecule has 0 aliphatic rings. The van der Waals surface area contributed by atoms with E-state index in [1.165, 1.54) is 0 Å². The zero-order valence-electron chi connectivity index (χ0n) is 13.9. The molecule has 0 bridgehead atoms. The lowest BCUT2D eigenvalue weighted by atomic mass is 10.0. The minimum atomic E-state index is 0.582. The third-order valence-corrected chi connectivity index (χ3v) is 4.83. The van der Waals surface area contributed by atoms with Crippen molar-refractivity contribution in [2.45, 2.75) is 26.8 Å². The van der Waals surface area contributed by atoms with Gasteiger partial charge in [-0.25, -0.2) is 0 Å². The van der Waals surface area contributed by atoms with Crippen LogP contribution < -0.4 is 0 Å². The van der Waals surface area contributed by atoms with Crippen molar-refractivity contribution in [1.29, 1.82) is 0 Å². The van der Waals surface area contributed by atoms with Crippen LogP contribution in [0, 0.1) is 6.92 Å². The maximum absolute atomic E-state index is 6.43. The highest BCUT2D eigenvalue weighted by Crippen LogP contribution is 2.35. The standard InChI is InChI=1S/C20H20Cl3N/c1-5-14(3)24(12-16-8-6-7-9-18(16)22)15(4)20-13(2)10-17(21)11-19(20)23/h6-11H,3-5,12H2,1-2H3. The molecule has 1 nitrogen and oxygen atoms in total. The van der Waals surface area contributed by atoms with E-state index in [1.807, 2.05) is 37.3 Å². The van der Waals surface area contributed by atoms with E-state index in [0.717, 1.165) is 39.5 Å². The molecule has 0 amide bonds. The highest BCUT2D eigenvalue weighted by Gasteiger charge is 2.18. The van der Waals surface area contributed by atoms with E-state index in [4.69, 9.17) is 34.8 Å². The third-order valence-electron chi connectivity index (χ3n) is 3.94. The Morgan fingerprint density at radius 3 is 2.29 bits per heavy atom. The summed E-state index contributed by atoms with van der Waals surface area (Å²) in [6.07, 6.45) is 0.799. The summed E-state index contributed by atoms with van der Waals surface area (Å²) in [5, 5.41) is 1.91. The van der Waals surface area contributed by atoms with Crippen molar-refractivity contribution in [2.24, 2.45) is 0 Å². The van der Waals surface area contributed by atoms with Crippen LogP contribution in [0.2, 0.25) is 15.1 Å². The fraction of sp³-hybridized carbons (Fsp3) is 0.200. The Balaban J connectivity index is 2.44. The van der Waals surface area contributed by atoms with Gasteiger partial charge in [0.05, 0.1) is 5.02 Å². The molecule has 0 fully saturated rings. The van der Waals surface area contributed by atoms with E-state index in [-0.39, 0.29) is 0 Å². The molecule has 126 valence electrons. The highest BCUT2D eigenvalue weighted by atomic mass is 35.5. The number of hydrogen-bond acceptors (Lipinski definition) is 1. The molecule has 0 N–H and O–H groups in total. The Labute approximate surface area is 159 Å². The lowest BCUT2D eigenvalue weighted by molar-refractivity contribution is 0.470. The van der Waals surface area contributed by atoms with Crippen molar-refractivity contribution in [2.75, 3.05) is 0 Å². The van der Waals surface area contributed by atoms with Gasteiger partial charge in [-0.05, 0) is 42.7 Å². The molecule has 4 heteroatoms. The molecule has 0 aromatic heterocycles. The van der Waals surface area contributed by atoms with Crippen molar-refractivity contribution in [3.05, 3.63) is 87.0 Å². The first-order chi connectivity index (χ1) is 11.3. The van der Waals surface area contributed by atoms with Gasteiger partial charge in [-0.15, -0.1) is 0 Å². The maximum Gasteiger partial charge on any atom is 0.0516 e. The molecule has 2 rings (SSSR count). The summed E-state index contributed by atoms with van der Waals surface area (Å²) in [7, 11) is 0. The summed E-state index contributed by atoms with van der Waals surface area (Å²) >= 11 is 18.8. The minimum Gasteiger partial charge on any atom is -0.341 e. The van der Waals surface area contributed by atoms with Gasteiger partial charge in [0, 0.05) is 33.5 Å². The van der Waals surface area contributed by atoms with E-state index in [0.29, 0.717) is 16.6 Å². The Morgan fingerprint density at radius 1 is 1.04 bits per heavy atom. The van der Waals surface area contributed by atoms with Crippen LogP contribution in [0.5, 0.6) is 0 Å². The van der Waals surface area contributed by atoms with Gasteiger partial charge in [-0.3, -0.25) is 0 Å². The van der Waals surface area contributed by atoms with Gasteiger partial charge in [0.15, 0.2) is 0 Å². The molecule has 0 spiro atoms. The summed E-state index contributed by atoms with van der Waals surface area (Å²) < 4.78 is 0. The van der Waals surface area contributed by atoms with E-state index >= 15 is 0 Å². The number of benzene rings is 2. The summed E-state index contributed by atoms with van der Waals surface area (Å²) in [4.78, 5) is 2.06. The summed E-state index contributed by atoms with van der Waals surface area (Å²) in [6.45, 7) is 13.1. The van der Waals surface area contributed by atoms with Crippen LogP contribution >= 0.6 is 34.8 Å². The van der Waals surface area contributed by atoms with Crippen LogP contribution in [0.3, 0.4) is 0 Å². The lowest BCUT2D eigenvalue weighted by Gasteiger charge is -2.30. The van der Waals surface area contributed by atoms with Crippen molar-refractivity contribution in [3.8, 4) is 0 Å². The van der Waals surface area contributed by atoms with Crippen LogP contribution in [0.1, 0.15) is 30.0 Å². The van der Waals surface area contributed by atoms with Crippen LogP contribution in [0.15, 0.2) is 55.3 Å². The molecule has 0 atom stereocenters. The predicted octanol–water partition coefficient (Wildman–Crippen LogP) is 7.35. The Kier molecular flexibility index (Phi) is 6.40. The first-order valence-electron chi connectivity index (χ1n) is 7.68. The first-order valence-corrected chi connectivity index (χ1v) is 8.82. The SMILES string of the molecule is C=C(CC)N(Cc1ccccc1Cl)C(=C)c1c(C)cc(Cl)cc1Cl. The van der Waals surface area contributed by atoms with E-state index in [1.54, 1.807) is 6.07 Å². The molecule has 0 saturated heterocycles. The predicted molar refractivity (Wildman–Crippen MR) is 107 cm³/mol. The van der Waals surface area contributed by atoms with E-state index in [9.17, 15) is 0 Å². The Hall–Kier alpha value is -1.41. The smallest absolute Gasteiger partial charge is 0.0516 e. The zero-order valence-corrected chi connectivity index (χ0v) is 16.1. The van der Waals surface area contributed by atoms with Gasteiger partial charge in [0.25, 0.3) is 0 Å².